The van der Waals surface area contributed by atoms with Gasteiger partial charge < -0.3 is 25.2 Å². The number of nitrogens with one attached hydrogen (secondary N) is 2. The Hall–Kier alpha value is -4.22. The molecule has 2 aromatic rings. The number of halogens is 1. The van der Waals surface area contributed by atoms with Gasteiger partial charge in [-0.25, -0.2) is 23.8 Å². The third-order valence-corrected chi connectivity index (χ3v) is 7.03. The zero-order chi connectivity index (χ0) is 28.6. The molecule has 0 spiro atoms. The molecule has 4 rings (SSSR count). The van der Waals surface area contributed by atoms with Crippen molar-refractivity contribution in [2.24, 2.45) is 11.8 Å². The minimum absolute atomic E-state index is 0.0918. The fourth-order valence-corrected chi connectivity index (χ4v) is 4.93. The van der Waals surface area contributed by atoms with Gasteiger partial charge in [-0.15, -0.1) is 0 Å². The SMILES string of the molecule is CCOC(=O)C(CNC(=O)[C@H]1C[C@@H](Cc2ccc3c(n2)N(C(=O)O)CCC3)C1)NC(=O)OCc1cccc(F)c1. The summed E-state index contributed by atoms with van der Waals surface area (Å²) in [7, 11) is 0. The topological polar surface area (TPSA) is 147 Å². The van der Waals surface area contributed by atoms with Crippen LogP contribution in [0.1, 0.15) is 43.0 Å². The molecule has 40 heavy (non-hydrogen) atoms. The van der Waals surface area contributed by atoms with Crippen LogP contribution in [0.25, 0.3) is 0 Å². The van der Waals surface area contributed by atoms with Gasteiger partial charge in [0, 0.05) is 24.7 Å². The van der Waals surface area contributed by atoms with Gasteiger partial charge in [-0.1, -0.05) is 18.2 Å². The van der Waals surface area contributed by atoms with Crippen LogP contribution < -0.4 is 15.5 Å². The number of nitrogens with zero attached hydrogens (tertiary/aromatic N) is 2. The first-order valence-corrected chi connectivity index (χ1v) is 13.3. The number of hydrogen-bond acceptors (Lipinski definition) is 7. The molecule has 0 saturated heterocycles. The number of rotatable bonds is 10. The quantitative estimate of drug-likeness (QED) is 0.378. The number of aryl methyl sites for hydroxylation is 1. The lowest BCUT2D eigenvalue weighted by atomic mass is 9.72. The van der Waals surface area contributed by atoms with E-state index in [2.05, 4.69) is 15.6 Å². The number of carboxylic acid groups (broad SMARTS) is 1. The van der Waals surface area contributed by atoms with Crippen molar-refractivity contribution in [3.8, 4) is 0 Å². The highest BCUT2D eigenvalue weighted by Crippen LogP contribution is 2.36. The molecule has 1 aliphatic carbocycles. The lowest BCUT2D eigenvalue weighted by molar-refractivity contribution is -0.145. The van der Waals surface area contributed by atoms with Crippen LogP contribution in [0, 0.1) is 17.7 Å². The third-order valence-electron chi connectivity index (χ3n) is 7.03. The lowest BCUT2D eigenvalue weighted by Crippen LogP contribution is -2.51. The summed E-state index contributed by atoms with van der Waals surface area (Å²) >= 11 is 0. The first kappa shape index (κ1) is 28.8. The van der Waals surface area contributed by atoms with Crippen molar-refractivity contribution in [3.63, 3.8) is 0 Å². The molecular weight excluding hydrogens is 523 g/mol. The summed E-state index contributed by atoms with van der Waals surface area (Å²) in [6, 6.07) is 8.28. The minimum atomic E-state index is -1.16. The monoisotopic (exact) mass is 556 g/mol. The van der Waals surface area contributed by atoms with E-state index >= 15 is 0 Å². The van der Waals surface area contributed by atoms with Gasteiger partial charge >= 0.3 is 18.2 Å². The minimum Gasteiger partial charge on any atom is -0.465 e. The number of amides is 3. The van der Waals surface area contributed by atoms with E-state index < -0.39 is 30.0 Å². The number of aromatic nitrogens is 1. The number of esters is 1. The molecule has 1 aromatic carbocycles. The standard InChI is InChI=1S/C28H33FN4O7/c1-2-39-26(35)23(32-27(36)40-16-17-5-3-7-21(29)13-17)15-30-25(34)20-11-18(12-20)14-22-9-8-19-6-4-10-33(28(37)38)24(19)31-22/h3,5,7-9,13,18,20,23H,2,4,6,10-12,14-16H2,1H3,(H,30,34)(H,32,36)(H,37,38)/t18-,20+,23?. The van der Waals surface area contributed by atoms with Gasteiger partial charge in [-0.3, -0.25) is 9.69 Å². The number of pyridine rings is 1. The Labute approximate surface area is 231 Å². The number of hydrogen-bond donors (Lipinski definition) is 3. The predicted octanol–water partition coefficient (Wildman–Crippen LogP) is 3.19. The molecule has 214 valence electrons. The van der Waals surface area contributed by atoms with E-state index in [9.17, 15) is 28.7 Å². The average molecular weight is 557 g/mol. The molecule has 2 aliphatic rings. The molecule has 0 bridgehead atoms. The normalized spacial score (nSPS) is 18.5. The first-order chi connectivity index (χ1) is 19.2. The second-order valence-corrected chi connectivity index (χ2v) is 9.96. The Morgan fingerprint density at radius 1 is 1.18 bits per heavy atom. The number of fused-ring (bicyclic) bond motifs is 1. The van der Waals surface area contributed by atoms with Gasteiger partial charge in [0.1, 0.15) is 24.3 Å². The Kier molecular flexibility index (Phi) is 9.52. The molecule has 3 N–H and O–H groups in total. The van der Waals surface area contributed by atoms with Gasteiger partial charge in [0.05, 0.1) is 6.61 Å². The maximum atomic E-state index is 13.3. The van der Waals surface area contributed by atoms with Crippen LogP contribution in [-0.4, -0.2) is 59.9 Å². The van der Waals surface area contributed by atoms with Crippen LogP contribution in [-0.2, 0) is 38.5 Å². The summed E-state index contributed by atoms with van der Waals surface area (Å²) in [4.78, 5) is 54.7. The number of benzene rings is 1. The highest BCUT2D eigenvalue weighted by Gasteiger charge is 2.36. The van der Waals surface area contributed by atoms with Crippen LogP contribution in [0.3, 0.4) is 0 Å². The maximum absolute atomic E-state index is 13.3. The van der Waals surface area contributed by atoms with Crippen LogP contribution in [0.2, 0.25) is 0 Å². The molecule has 1 atom stereocenters. The molecule has 1 aromatic heterocycles. The summed E-state index contributed by atoms with van der Waals surface area (Å²) in [5, 5.41) is 14.6. The van der Waals surface area contributed by atoms with E-state index in [1.807, 2.05) is 12.1 Å². The van der Waals surface area contributed by atoms with Crippen molar-refractivity contribution in [1.29, 1.82) is 0 Å². The van der Waals surface area contributed by atoms with Crippen LogP contribution in [0.5, 0.6) is 0 Å². The van der Waals surface area contributed by atoms with Crippen molar-refractivity contribution in [1.82, 2.24) is 15.6 Å². The number of anilines is 1. The number of ether oxygens (including phenoxy) is 2. The molecule has 2 heterocycles. The lowest BCUT2D eigenvalue weighted by Gasteiger charge is -2.34. The highest BCUT2D eigenvalue weighted by atomic mass is 19.1. The van der Waals surface area contributed by atoms with Crippen molar-refractivity contribution >= 4 is 29.9 Å². The Morgan fingerprint density at radius 2 is 1.98 bits per heavy atom. The van der Waals surface area contributed by atoms with Crippen LogP contribution in [0.15, 0.2) is 36.4 Å². The molecule has 0 radical (unpaired) electrons. The molecule has 3 amide bonds. The van der Waals surface area contributed by atoms with Crippen LogP contribution >= 0.6 is 0 Å². The first-order valence-electron chi connectivity index (χ1n) is 13.3. The van der Waals surface area contributed by atoms with E-state index in [1.54, 1.807) is 13.0 Å². The van der Waals surface area contributed by atoms with E-state index in [0.717, 1.165) is 24.1 Å². The van der Waals surface area contributed by atoms with Crippen molar-refractivity contribution in [2.75, 3.05) is 24.6 Å². The fourth-order valence-electron chi connectivity index (χ4n) is 4.93. The Bertz CT molecular complexity index is 1250. The van der Waals surface area contributed by atoms with Crippen molar-refractivity contribution < 1.29 is 38.1 Å². The van der Waals surface area contributed by atoms with Crippen LogP contribution in [0.4, 0.5) is 19.8 Å². The summed E-state index contributed by atoms with van der Waals surface area (Å²) in [6.45, 7) is 1.78. The smallest absolute Gasteiger partial charge is 0.413 e. The predicted molar refractivity (Wildman–Crippen MR) is 141 cm³/mol. The van der Waals surface area contributed by atoms with Gasteiger partial charge in [0.25, 0.3) is 0 Å². The number of alkyl carbamates (subject to hydrolysis) is 1. The maximum Gasteiger partial charge on any atom is 0.413 e. The van der Waals surface area contributed by atoms with E-state index in [0.29, 0.717) is 37.2 Å². The molecule has 1 fully saturated rings. The second-order valence-electron chi connectivity index (χ2n) is 9.96. The Morgan fingerprint density at radius 3 is 2.70 bits per heavy atom. The molecule has 1 aliphatic heterocycles. The van der Waals surface area contributed by atoms with E-state index in [4.69, 9.17) is 9.47 Å². The van der Waals surface area contributed by atoms with Gasteiger partial charge in [0.2, 0.25) is 5.91 Å². The molecular formula is C28H33FN4O7. The summed E-state index contributed by atoms with van der Waals surface area (Å²) in [5.74, 6) is -0.949. The van der Waals surface area contributed by atoms with E-state index in [-0.39, 0.29) is 37.5 Å². The molecule has 1 saturated carbocycles. The van der Waals surface area contributed by atoms with E-state index in [1.165, 1.54) is 23.1 Å². The number of carbonyl (C=O) groups excluding carboxylic acids is 3. The zero-order valence-corrected chi connectivity index (χ0v) is 22.2. The highest BCUT2D eigenvalue weighted by molar-refractivity contribution is 5.86. The van der Waals surface area contributed by atoms with Gasteiger partial charge in [0.15, 0.2) is 0 Å². The number of carbonyl (C=O) groups is 4. The molecule has 1 unspecified atom stereocenters. The summed E-state index contributed by atoms with van der Waals surface area (Å²) in [6.07, 6.45) is 1.53. The molecule has 12 heteroatoms. The second kappa shape index (κ2) is 13.2. The average Bonchev–Trinajstić information content (AvgIpc) is 2.91. The molecule has 11 nitrogen and oxygen atoms in total. The van der Waals surface area contributed by atoms with Crippen molar-refractivity contribution in [3.05, 3.63) is 59.0 Å². The summed E-state index contributed by atoms with van der Waals surface area (Å²) in [5.41, 5.74) is 2.16. The Balaban J connectivity index is 1.24. The summed E-state index contributed by atoms with van der Waals surface area (Å²) < 4.78 is 23.4. The zero-order valence-electron chi connectivity index (χ0n) is 22.2. The van der Waals surface area contributed by atoms with Gasteiger partial charge in [-0.05, 0) is 74.3 Å². The third kappa shape index (κ3) is 7.45. The fraction of sp³-hybridized carbons (Fsp3) is 0.464. The van der Waals surface area contributed by atoms with Gasteiger partial charge in [-0.2, -0.15) is 0 Å². The largest absolute Gasteiger partial charge is 0.465 e. The van der Waals surface area contributed by atoms with Crippen molar-refractivity contribution in [2.45, 2.75) is 51.7 Å².